The molecule has 0 radical (unpaired) electrons. The maximum absolute atomic E-state index is 12.5. The monoisotopic (exact) mass is 274 g/mol. The SMILES string of the molecule is CCC(CN)C(=O)NCc1cccc(C(F)(F)F)c1. The van der Waals surface area contributed by atoms with Gasteiger partial charge in [0, 0.05) is 19.0 Å². The van der Waals surface area contributed by atoms with E-state index in [4.69, 9.17) is 5.73 Å². The van der Waals surface area contributed by atoms with Crippen molar-refractivity contribution in [1.29, 1.82) is 0 Å². The highest BCUT2D eigenvalue weighted by Crippen LogP contribution is 2.29. The fourth-order valence-corrected chi connectivity index (χ4v) is 1.65. The van der Waals surface area contributed by atoms with Crippen LogP contribution in [0.5, 0.6) is 0 Å². The van der Waals surface area contributed by atoms with Crippen molar-refractivity contribution in [2.24, 2.45) is 11.7 Å². The highest BCUT2D eigenvalue weighted by Gasteiger charge is 2.30. The third-order valence-electron chi connectivity index (χ3n) is 2.87. The van der Waals surface area contributed by atoms with Gasteiger partial charge >= 0.3 is 6.18 Å². The maximum atomic E-state index is 12.5. The smallest absolute Gasteiger partial charge is 0.352 e. The number of halogens is 3. The van der Waals surface area contributed by atoms with Crippen molar-refractivity contribution < 1.29 is 18.0 Å². The molecule has 0 aliphatic heterocycles. The molecule has 0 aliphatic rings. The summed E-state index contributed by atoms with van der Waals surface area (Å²) in [5.41, 5.74) is 5.12. The Morgan fingerprint density at radius 2 is 2.11 bits per heavy atom. The van der Waals surface area contributed by atoms with E-state index in [2.05, 4.69) is 5.32 Å². The molecule has 1 atom stereocenters. The van der Waals surface area contributed by atoms with Crippen molar-refractivity contribution in [3.8, 4) is 0 Å². The Kier molecular flexibility index (Phi) is 5.35. The number of carbonyl (C=O) groups excluding carboxylic acids is 1. The summed E-state index contributed by atoms with van der Waals surface area (Å²) in [5, 5.41) is 2.59. The second kappa shape index (κ2) is 6.56. The first-order valence-electron chi connectivity index (χ1n) is 6.02. The Labute approximate surface area is 110 Å². The molecule has 0 aromatic heterocycles. The predicted molar refractivity (Wildman–Crippen MR) is 66.1 cm³/mol. The van der Waals surface area contributed by atoms with E-state index in [1.54, 1.807) is 6.07 Å². The molecule has 1 rings (SSSR count). The van der Waals surface area contributed by atoms with Gasteiger partial charge in [-0.3, -0.25) is 4.79 Å². The number of alkyl halides is 3. The molecule has 6 heteroatoms. The molecule has 1 aromatic carbocycles. The molecule has 0 spiro atoms. The highest BCUT2D eigenvalue weighted by atomic mass is 19.4. The fraction of sp³-hybridized carbons (Fsp3) is 0.462. The normalized spacial score (nSPS) is 13.1. The van der Waals surface area contributed by atoms with Crippen molar-refractivity contribution in [3.63, 3.8) is 0 Å². The van der Waals surface area contributed by atoms with Crippen LogP contribution in [0.25, 0.3) is 0 Å². The first-order valence-corrected chi connectivity index (χ1v) is 6.02. The van der Waals surface area contributed by atoms with Crippen LogP contribution in [0.15, 0.2) is 24.3 Å². The predicted octanol–water partition coefficient (Wildman–Crippen LogP) is 2.31. The molecule has 19 heavy (non-hydrogen) atoms. The largest absolute Gasteiger partial charge is 0.416 e. The average Bonchev–Trinajstić information content (AvgIpc) is 2.37. The first kappa shape index (κ1) is 15.5. The standard InChI is InChI=1S/C13H17F3N2O/c1-2-10(7-17)12(19)18-8-9-4-3-5-11(6-9)13(14,15)16/h3-6,10H,2,7-8,17H2,1H3,(H,18,19). The maximum Gasteiger partial charge on any atom is 0.416 e. The molecule has 0 heterocycles. The van der Waals surface area contributed by atoms with E-state index in [0.29, 0.717) is 12.0 Å². The lowest BCUT2D eigenvalue weighted by Gasteiger charge is -2.13. The number of hydrogen-bond donors (Lipinski definition) is 2. The van der Waals surface area contributed by atoms with Crippen LogP contribution in [0.4, 0.5) is 13.2 Å². The van der Waals surface area contributed by atoms with Crippen molar-refractivity contribution in [1.82, 2.24) is 5.32 Å². The van der Waals surface area contributed by atoms with Crippen molar-refractivity contribution in [2.45, 2.75) is 26.1 Å². The average molecular weight is 274 g/mol. The summed E-state index contributed by atoms with van der Waals surface area (Å²) >= 11 is 0. The number of carbonyl (C=O) groups is 1. The Morgan fingerprint density at radius 1 is 1.42 bits per heavy atom. The van der Waals surface area contributed by atoms with Crippen LogP contribution >= 0.6 is 0 Å². The molecule has 0 aliphatic carbocycles. The van der Waals surface area contributed by atoms with E-state index < -0.39 is 11.7 Å². The molecule has 1 aromatic rings. The number of benzene rings is 1. The minimum absolute atomic E-state index is 0.0687. The van der Waals surface area contributed by atoms with Gasteiger partial charge in [0.05, 0.1) is 5.56 Å². The lowest BCUT2D eigenvalue weighted by Crippen LogP contribution is -2.34. The van der Waals surface area contributed by atoms with Gasteiger partial charge in [-0.15, -0.1) is 0 Å². The summed E-state index contributed by atoms with van der Waals surface area (Å²) in [4.78, 5) is 11.6. The first-order chi connectivity index (χ1) is 8.88. The van der Waals surface area contributed by atoms with E-state index in [0.717, 1.165) is 12.1 Å². The third-order valence-corrected chi connectivity index (χ3v) is 2.87. The summed E-state index contributed by atoms with van der Waals surface area (Å²) in [6, 6.07) is 4.90. The van der Waals surface area contributed by atoms with Crippen molar-refractivity contribution >= 4 is 5.91 Å². The Balaban J connectivity index is 2.66. The van der Waals surface area contributed by atoms with Crippen molar-refractivity contribution in [2.75, 3.05) is 6.54 Å². The summed E-state index contributed by atoms with van der Waals surface area (Å²) in [5.74, 6) is -0.534. The van der Waals surface area contributed by atoms with E-state index in [1.807, 2.05) is 6.92 Å². The van der Waals surface area contributed by atoms with E-state index in [9.17, 15) is 18.0 Å². The highest BCUT2D eigenvalue weighted by molar-refractivity contribution is 5.78. The lowest BCUT2D eigenvalue weighted by molar-refractivity contribution is -0.137. The van der Waals surface area contributed by atoms with Crippen LogP contribution in [-0.2, 0) is 17.5 Å². The van der Waals surface area contributed by atoms with Gasteiger partial charge in [-0.1, -0.05) is 19.1 Å². The Hall–Kier alpha value is -1.56. The number of nitrogens with two attached hydrogens (primary N) is 1. The molecular formula is C13H17F3N2O. The zero-order valence-corrected chi connectivity index (χ0v) is 10.6. The summed E-state index contributed by atoms with van der Waals surface area (Å²) < 4.78 is 37.5. The van der Waals surface area contributed by atoms with Crippen LogP contribution < -0.4 is 11.1 Å². The number of rotatable bonds is 5. The molecule has 1 unspecified atom stereocenters. The molecule has 1 amide bonds. The van der Waals surface area contributed by atoms with Gasteiger partial charge in [0.2, 0.25) is 5.91 Å². The van der Waals surface area contributed by atoms with Gasteiger partial charge in [0.25, 0.3) is 0 Å². The molecule has 3 nitrogen and oxygen atoms in total. The Bertz CT molecular complexity index is 428. The molecule has 106 valence electrons. The van der Waals surface area contributed by atoms with E-state index in [1.165, 1.54) is 6.07 Å². The van der Waals surface area contributed by atoms with Crippen LogP contribution in [0.2, 0.25) is 0 Å². The zero-order chi connectivity index (χ0) is 14.5. The summed E-state index contributed by atoms with van der Waals surface area (Å²) in [7, 11) is 0. The Morgan fingerprint density at radius 3 is 2.63 bits per heavy atom. The van der Waals surface area contributed by atoms with Gasteiger partial charge in [-0.25, -0.2) is 0 Å². The van der Waals surface area contributed by atoms with Crippen LogP contribution in [0, 0.1) is 5.92 Å². The molecule has 0 bridgehead atoms. The van der Waals surface area contributed by atoms with Crippen molar-refractivity contribution in [3.05, 3.63) is 35.4 Å². The topological polar surface area (TPSA) is 55.1 Å². The molecule has 0 fully saturated rings. The lowest BCUT2D eigenvalue weighted by atomic mass is 10.1. The third kappa shape index (κ3) is 4.55. The van der Waals surface area contributed by atoms with Gasteiger partial charge in [0.1, 0.15) is 0 Å². The van der Waals surface area contributed by atoms with Gasteiger partial charge in [0.15, 0.2) is 0 Å². The van der Waals surface area contributed by atoms with E-state index in [-0.39, 0.29) is 24.9 Å². The fourth-order valence-electron chi connectivity index (χ4n) is 1.65. The van der Waals surface area contributed by atoms with Gasteiger partial charge < -0.3 is 11.1 Å². The molecule has 3 N–H and O–H groups in total. The van der Waals surface area contributed by atoms with Crippen LogP contribution in [0.3, 0.4) is 0 Å². The number of amides is 1. The van der Waals surface area contributed by atoms with Gasteiger partial charge in [-0.05, 0) is 24.1 Å². The second-order valence-electron chi connectivity index (χ2n) is 4.26. The molecule has 0 saturated heterocycles. The quantitative estimate of drug-likeness (QED) is 0.865. The summed E-state index contributed by atoms with van der Waals surface area (Å²) in [6.45, 7) is 2.13. The minimum Gasteiger partial charge on any atom is -0.352 e. The minimum atomic E-state index is -4.37. The molecule has 0 saturated carbocycles. The van der Waals surface area contributed by atoms with Crippen LogP contribution in [0.1, 0.15) is 24.5 Å². The number of nitrogens with one attached hydrogen (secondary N) is 1. The van der Waals surface area contributed by atoms with E-state index >= 15 is 0 Å². The van der Waals surface area contributed by atoms with Gasteiger partial charge in [-0.2, -0.15) is 13.2 Å². The zero-order valence-electron chi connectivity index (χ0n) is 10.6. The summed E-state index contributed by atoms with van der Waals surface area (Å²) in [6.07, 6.45) is -3.77. The molecular weight excluding hydrogens is 257 g/mol. The van der Waals surface area contributed by atoms with Crippen LogP contribution in [-0.4, -0.2) is 12.5 Å². The number of hydrogen-bond acceptors (Lipinski definition) is 2. The second-order valence-corrected chi connectivity index (χ2v) is 4.26.